The Balaban J connectivity index is 1.46. The number of nitrogens with one attached hydrogen (secondary N) is 1. The molecule has 4 aromatic rings. The molecule has 182 valence electrons. The molecule has 2 amide bonds. The molecule has 0 radical (unpaired) electrons. The molecule has 0 fully saturated rings. The summed E-state index contributed by atoms with van der Waals surface area (Å²) in [6, 6.07) is 23.5. The first-order valence-electron chi connectivity index (χ1n) is 11.8. The number of aromatic nitrogens is 3. The van der Waals surface area contributed by atoms with Gasteiger partial charge in [0.1, 0.15) is 0 Å². The topological polar surface area (TPSA) is 80.1 Å². The Hall–Kier alpha value is -3.91. The highest BCUT2D eigenvalue weighted by atomic mass is 32.2. The summed E-state index contributed by atoms with van der Waals surface area (Å²) in [5.74, 6) is 0.689. The zero-order valence-corrected chi connectivity index (χ0v) is 21.2. The van der Waals surface area contributed by atoms with E-state index in [9.17, 15) is 9.59 Å². The van der Waals surface area contributed by atoms with E-state index in [4.69, 9.17) is 0 Å². The van der Waals surface area contributed by atoms with E-state index in [1.807, 2.05) is 98.1 Å². The first-order chi connectivity index (χ1) is 17.4. The van der Waals surface area contributed by atoms with Crippen LogP contribution in [0.1, 0.15) is 24.5 Å². The van der Waals surface area contributed by atoms with Crippen molar-refractivity contribution in [3.8, 4) is 17.1 Å². The number of nitrogens with zero attached hydrogens (tertiary/aromatic N) is 4. The van der Waals surface area contributed by atoms with Crippen LogP contribution in [-0.4, -0.2) is 38.4 Å². The minimum absolute atomic E-state index is 0.0909. The highest BCUT2D eigenvalue weighted by Gasteiger charge is 2.30. The Bertz CT molecular complexity index is 1410. The lowest BCUT2D eigenvalue weighted by Crippen LogP contribution is -2.40. The molecule has 0 saturated heterocycles. The van der Waals surface area contributed by atoms with Gasteiger partial charge in [0, 0.05) is 23.7 Å². The molecular formula is C28H27N5O2S. The zero-order valence-electron chi connectivity index (χ0n) is 20.4. The van der Waals surface area contributed by atoms with Gasteiger partial charge in [-0.1, -0.05) is 71.4 Å². The van der Waals surface area contributed by atoms with Gasteiger partial charge in [-0.25, -0.2) is 0 Å². The van der Waals surface area contributed by atoms with Gasteiger partial charge in [-0.15, -0.1) is 10.2 Å². The number of benzene rings is 3. The molecule has 2 heterocycles. The summed E-state index contributed by atoms with van der Waals surface area (Å²) in [4.78, 5) is 27.5. The Labute approximate surface area is 214 Å². The summed E-state index contributed by atoms with van der Waals surface area (Å²) in [6.45, 7) is 5.99. The van der Waals surface area contributed by atoms with E-state index in [-0.39, 0.29) is 30.0 Å². The summed E-state index contributed by atoms with van der Waals surface area (Å²) >= 11 is 1.34. The van der Waals surface area contributed by atoms with Crippen LogP contribution >= 0.6 is 11.8 Å². The van der Waals surface area contributed by atoms with Crippen molar-refractivity contribution >= 4 is 35.0 Å². The zero-order chi connectivity index (χ0) is 25.2. The number of para-hydroxylation sites is 2. The van der Waals surface area contributed by atoms with Crippen molar-refractivity contribution in [3.63, 3.8) is 0 Å². The number of hydrogen-bond donors (Lipinski definition) is 1. The summed E-state index contributed by atoms with van der Waals surface area (Å²) in [6.07, 6.45) is 0.238. The maximum atomic E-state index is 13.5. The average molecular weight is 498 g/mol. The fourth-order valence-corrected chi connectivity index (χ4v) is 5.15. The van der Waals surface area contributed by atoms with E-state index in [0.29, 0.717) is 16.5 Å². The molecule has 1 atom stereocenters. The minimum atomic E-state index is -0.264. The fraction of sp³-hybridized carbons (Fsp3) is 0.214. The van der Waals surface area contributed by atoms with Crippen LogP contribution in [0.25, 0.3) is 17.1 Å². The molecule has 0 bridgehead atoms. The number of amides is 2. The summed E-state index contributed by atoms with van der Waals surface area (Å²) < 4.78 is 1.99. The quantitative estimate of drug-likeness (QED) is 0.373. The Kier molecular flexibility index (Phi) is 6.61. The average Bonchev–Trinajstić information content (AvgIpc) is 3.23. The van der Waals surface area contributed by atoms with Crippen LogP contribution in [0, 0.1) is 13.8 Å². The second-order valence-corrected chi connectivity index (χ2v) is 9.96. The van der Waals surface area contributed by atoms with Gasteiger partial charge >= 0.3 is 0 Å². The van der Waals surface area contributed by atoms with Gasteiger partial charge in [0.25, 0.3) is 0 Å². The monoisotopic (exact) mass is 497 g/mol. The van der Waals surface area contributed by atoms with Crippen molar-refractivity contribution < 1.29 is 9.59 Å². The van der Waals surface area contributed by atoms with Crippen molar-refractivity contribution in [2.24, 2.45) is 0 Å². The van der Waals surface area contributed by atoms with Crippen LogP contribution in [0.15, 0.2) is 78.0 Å². The second-order valence-electron chi connectivity index (χ2n) is 9.01. The summed E-state index contributed by atoms with van der Waals surface area (Å²) in [5.41, 5.74) is 5.56. The largest absolute Gasteiger partial charge is 0.324 e. The minimum Gasteiger partial charge on any atom is -0.324 e. The summed E-state index contributed by atoms with van der Waals surface area (Å²) in [5, 5.41) is 12.5. The first-order valence-corrected chi connectivity index (χ1v) is 12.8. The third-order valence-corrected chi connectivity index (χ3v) is 7.10. The second kappa shape index (κ2) is 9.99. The van der Waals surface area contributed by atoms with Gasteiger partial charge < -0.3 is 10.2 Å². The standard InChI is InChI=1S/C28H27N5O2S/c1-18-8-12-21(13-9-18)27-30-31-28(33(27)22-14-10-19(2)11-15-22)36-17-26(35)32-20(3)16-25(34)29-23-6-4-5-7-24(23)32/h4-15,20H,16-17H2,1-3H3,(H,29,34). The van der Waals surface area contributed by atoms with Gasteiger partial charge in [-0.3, -0.25) is 14.2 Å². The number of fused-ring (bicyclic) bond motifs is 1. The molecule has 0 saturated carbocycles. The van der Waals surface area contributed by atoms with Gasteiger partial charge in [-0.05, 0) is 45.0 Å². The predicted molar refractivity (Wildman–Crippen MR) is 144 cm³/mol. The lowest BCUT2D eigenvalue weighted by molar-refractivity contribution is -0.117. The van der Waals surface area contributed by atoms with Crippen molar-refractivity contribution in [1.29, 1.82) is 0 Å². The molecule has 3 aromatic carbocycles. The summed E-state index contributed by atoms with van der Waals surface area (Å²) in [7, 11) is 0. The van der Waals surface area contributed by atoms with Gasteiger partial charge in [0.2, 0.25) is 11.8 Å². The van der Waals surface area contributed by atoms with Crippen molar-refractivity contribution in [2.45, 2.75) is 38.4 Å². The van der Waals surface area contributed by atoms with Gasteiger partial charge in [0.05, 0.1) is 17.1 Å². The molecule has 1 aliphatic heterocycles. The molecule has 1 unspecified atom stereocenters. The molecule has 1 N–H and O–H groups in total. The van der Waals surface area contributed by atoms with Crippen molar-refractivity contribution in [3.05, 3.63) is 83.9 Å². The van der Waals surface area contributed by atoms with Gasteiger partial charge in [-0.2, -0.15) is 0 Å². The number of anilines is 2. The fourth-order valence-electron chi connectivity index (χ4n) is 4.34. The molecule has 1 aromatic heterocycles. The van der Waals surface area contributed by atoms with Crippen LogP contribution in [-0.2, 0) is 9.59 Å². The number of rotatable bonds is 5. The number of hydrogen-bond acceptors (Lipinski definition) is 5. The van der Waals surface area contributed by atoms with E-state index in [1.165, 1.54) is 17.3 Å². The number of carbonyl (C=O) groups excluding carboxylic acids is 2. The molecule has 0 spiro atoms. The molecule has 1 aliphatic rings. The van der Waals surface area contributed by atoms with Crippen LogP contribution in [0.5, 0.6) is 0 Å². The lowest BCUT2D eigenvalue weighted by atomic mass is 10.1. The normalized spacial score (nSPS) is 15.2. The SMILES string of the molecule is Cc1ccc(-c2nnc(SCC(=O)N3c4ccccc4NC(=O)CC3C)n2-c2ccc(C)cc2)cc1. The van der Waals surface area contributed by atoms with E-state index < -0.39 is 0 Å². The van der Waals surface area contributed by atoms with Gasteiger partial charge in [0.15, 0.2) is 11.0 Å². The first kappa shape index (κ1) is 23.8. The Morgan fingerprint density at radius 2 is 1.64 bits per heavy atom. The smallest absolute Gasteiger partial charge is 0.237 e. The third kappa shape index (κ3) is 4.77. The Morgan fingerprint density at radius 1 is 0.972 bits per heavy atom. The van der Waals surface area contributed by atoms with Crippen molar-refractivity contribution in [1.82, 2.24) is 14.8 Å². The molecular weight excluding hydrogens is 470 g/mol. The highest BCUT2D eigenvalue weighted by Crippen LogP contribution is 2.33. The van der Waals surface area contributed by atoms with Crippen LogP contribution in [0.3, 0.4) is 0 Å². The number of carbonyl (C=O) groups is 2. The molecule has 8 heteroatoms. The molecule has 7 nitrogen and oxygen atoms in total. The lowest BCUT2D eigenvalue weighted by Gasteiger charge is -2.27. The number of aryl methyl sites for hydroxylation is 2. The predicted octanol–water partition coefficient (Wildman–Crippen LogP) is 5.41. The molecule has 5 rings (SSSR count). The van der Waals surface area contributed by atoms with E-state index in [0.717, 1.165) is 22.6 Å². The Morgan fingerprint density at radius 3 is 2.36 bits per heavy atom. The van der Waals surface area contributed by atoms with Crippen LogP contribution < -0.4 is 10.2 Å². The maximum absolute atomic E-state index is 13.5. The maximum Gasteiger partial charge on any atom is 0.237 e. The van der Waals surface area contributed by atoms with E-state index in [1.54, 1.807) is 4.90 Å². The third-order valence-electron chi connectivity index (χ3n) is 6.19. The van der Waals surface area contributed by atoms with Crippen LogP contribution in [0.4, 0.5) is 11.4 Å². The van der Waals surface area contributed by atoms with Crippen LogP contribution in [0.2, 0.25) is 0 Å². The van der Waals surface area contributed by atoms with E-state index >= 15 is 0 Å². The van der Waals surface area contributed by atoms with E-state index in [2.05, 4.69) is 15.5 Å². The van der Waals surface area contributed by atoms with Crippen molar-refractivity contribution in [2.75, 3.05) is 16.0 Å². The molecule has 0 aliphatic carbocycles. The molecule has 36 heavy (non-hydrogen) atoms. The number of thioether (sulfide) groups is 1. The highest BCUT2D eigenvalue weighted by molar-refractivity contribution is 7.99.